The summed E-state index contributed by atoms with van der Waals surface area (Å²) in [6, 6.07) is 10.8. The molecule has 4 heteroatoms. The van der Waals surface area contributed by atoms with Crippen LogP contribution in [0, 0.1) is 11.7 Å². The van der Waals surface area contributed by atoms with Crippen LogP contribution in [-0.4, -0.2) is 0 Å². The lowest BCUT2D eigenvalue weighted by Crippen LogP contribution is -2.29. The van der Waals surface area contributed by atoms with Gasteiger partial charge in [0.25, 0.3) is 0 Å². The third kappa shape index (κ3) is 2.05. The van der Waals surface area contributed by atoms with Gasteiger partial charge in [-0.2, -0.15) is 0 Å². The number of fused-ring (bicyclic) bond motifs is 3. The molecule has 1 N–H and O–H groups in total. The average Bonchev–Trinajstić information content (AvgIpc) is 3.00. The third-order valence-corrected chi connectivity index (χ3v) is 5.50. The van der Waals surface area contributed by atoms with Gasteiger partial charge in [-0.25, -0.2) is 4.39 Å². The zero-order valence-corrected chi connectivity index (χ0v) is 13.2. The van der Waals surface area contributed by atoms with E-state index in [1.807, 2.05) is 18.2 Å². The first-order valence-corrected chi connectivity index (χ1v) is 8.08. The Bertz CT molecular complexity index is 772. The largest absolute Gasteiger partial charge is 0.375 e. The van der Waals surface area contributed by atoms with Crippen molar-refractivity contribution >= 4 is 28.9 Å². The predicted molar refractivity (Wildman–Crippen MR) is 89.2 cm³/mol. The Hall–Kier alpha value is -1.51. The van der Waals surface area contributed by atoms with Crippen LogP contribution in [0.25, 0.3) is 0 Å². The van der Waals surface area contributed by atoms with Gasteiger partial charge in [0.05, 0.1) is 21.8 Å². The number of para-hydroxylation sites is 1. The molecule has 4 rings (SSSR count). The Balaban J connectivity index is 1.86. The van der Waals surface area contributed by atoms with E-state index in [2.05, 4.69) is 17.5 Å². The molecule has 1 heterocycles. The summed E-state index contributed by atoms with van der Waals surface area (Å²) >= 11 is 12.6. The number of hydrogen-bond donors (Lipinski definition) is 1. The topological polar surface area (TPSA) is 12.0 Å². The van der Waals surface area contributed by atoms with Gasteiger partial charge in [-0.3, -0.25) is 0 Å². The molecule has 0 radical (unpaired) electrons. The molecule has 0 amide bonds. The standard InChI is InChI=1S/C18H14Cl2FN/c19-14-8-2-7-13(16(14)20)17-11-5-1-4-10(11)12-6-3-9-15(21)18(12)22-17/h1-4,6-11,17,22H,5H2/t10-,11-,17+/m1/s1. The van der Waals surface area contributed by atoms with Gasteiger partial charge in [0.15, 0.2) is 0 Å². The SMILES string of the molecule is Fc1cccc2c1N[C@H](c1cccc(Cl)c1Cl)[C@@H]1CC=C[C@@H]21. The molecule has 0 spiro atoms. The smallest absolute Gasteiger partial charge is 0.146 e. The first-order chi connectivity index (χ1) is 10.7. The number of hydrogen-bond acceptors (Lipinski definition) is 1. The monoisotopic (exact) mass is 333 g/mol. The summed E-state index contributed by atoms with van der Waals surface area (Å²) in [6.07, 6.45) is 5.29. The van der Waals surface area contributed by atoms with Gasteiger partial charge in [-0.15, -0.1) is 0 Å². The summed E-state index contributed by atoms with van der Waals surface area (Å²) in [5.41, 5.74) is 2.53. The third-order valence-electron chi connectivity index (χ3n) is 4.66. The maximum atomic E-state index is 14.3. The van der Waals surface area contributed by atoms with Crippen LogP contribution in [-0.2, 0) is 0 Å². The quantitative estimate of drug-likeness (QED) is 0.635. The lowest BCUT2D eigenvalue weighted by Gasteiger charge is -2.38. The van der Waals surface area contributed by atoms with Crippen LogP contribution in [0.4, 0.5) is 10.1 Å². The maximum absolute atomic E-state index is 14.3. The lowest BCUT2D eigenvalue weighted by atomic mass is 9.77. The number of benzene rings is 2. The number of halogens is 3. The van der Waals surface area contributed by atoms with Gasteiger partial charge in [0, 0.05) is 5.92 Å². The highest BCUT2D eigenvalue weighted by Gasteiger charge is 2.39. The van der Waals surface area contributed by atoms with Crippen molar-refractivity contribution in [2.75, 3.05) is 5.32 Å². The summed E-state index contributed by atoms with van der Waals surface area (Å²) < 4.78 is 14.3. The molecule has 3 atom stereocenters. The fourth-order valence-electron chi connectivity index (χ4n) is 3.65. The van der Waals surface area contributed by atoms with Gasteiger partial charge in [0.1, 0.15) is 5.82 Å². The van der Waals surface area contributed by atoms with E-state index in [4.69, 9.17) is 23.2 Å². The Morgan fingerprint density at radius 2 is 1.82 bits per heavy atom. The molecule has 2 aromatic carbocycles. The fraction of sp³-hybridized carbons (Fsp3) is 0.222. The Morgan fingerprint density at radius 1 is 1.05 bits per heavy atom. The van der Waals surface area contributed by atoms with Crippen LogP contribution in [0.15, 0.2) is 48.6 Å². The van der Waals surface area contributed by atoms with E-state index in [-0.39, 0.29) is 17.8 Å². The van der Waals surface area contributed by atoms with E-state index in [0.29, 0.717) is 21.7 Å². The minimum Gasteiger partial charge on any atom is -0.375 e. The van der Waals surface area contributed by atoms with Crippen LogP contribution in [0.5, 0.6) is 0 Å². The maximum Gasteiger partial charge on any atom is 0.146 e. The van der Waals surface area contributed by atoms with Crippen molar-refractivity contribution in [3.63, 3.8) is 0 Å². The van der Waals surface area contributed by atoms with E-state index in [9.17, 15) is 4.39 Å². The number of nitrogens with one attached hydrogen (secondary N) is 1. The minimum absolute atomic E-state index is 0.0457. The molecule has 1 nitrogen and oxygen atoms in total. The van der Waals surface area contributed by atoms with E-state index in [1.165, 1.54) is 6.07 Å². The second-order valence-corrected chi connectivity index (χ2v) is 6.61. The molecule has 2 aliphatic rings. The molecule has 112 valence electrons. The lowest BCUT2D eigenvalue weighted by molar-refractivity contribution is 0.421. The first kappa shape index (κ1) is 14.1. The molecule has 1 aliphatic heterocycles. The summed E-state index contributed by atoms with van der Waals surface area (Å²) in [6.45, 7) is 0. The molecule has 0 fully saturated rings. The Kier molecular flexibility index (Phi) is 3.39. The molecule has 0 aromatic heterocycles. The van der Waals surface area contributed by atoms with Crippen molar-refractivity contribution < 1.29 is 4.39 Å². The van der Waals surface area contributed by atoms with Gasteiger partial charge in [-0.1, -0.05) is 59.6 Å². The molecule has 22 heavy (non-hydrogen) atoms. The van der Waals surface area contributed by atoms with Crippen molar-refractivity contribution in [1.82, 2.24) is 0 Å². The Morgan fingerprint density at radius 3 is 2.68 bits per heavy atom. The zero-order chi connectivity index (χ0) is 15.3. The van der Waals surface area contributed by atoms with Gasteiger partial charge in [-0.05, 0) is 35.6 Å². The molecule has 2 aromatic rings. The highest BCUT2D eigenvalue weighted by Crippen LogP contribution is 2.51. The van der Waals surface area contributed by atoms with Crippen molar-refractivity contribution in [3.05, 3.63) is 75.5 Å². The highest BCUT2D eigenvalue weighted by molar-refractivity contribution is 6.42. The molecule has 0 saturated carbocycles. The van der Waals surface area contributed by atoms with Crippen LogP contribution in [0.1, 0.15) is 29.5 Å². The van der Waals surface area contributed by atoms with Crippen molar-refractivity contribution in [1.29, 1.82) is 0 Å². The van der Waals surface area contributed by atoms with Gasteiger partial charge >= 0.3 is 0 Å². The fourth-order valence-corrected chi connectivity index (χ4v) is 4.08. The molecular formula is C18H14Cl2FN. The normalized spacial score (nSPS) is 25.5. The van der Waals surface area contributed by atoms with E-state index in [1.54, 1.807) is 12.1 Å². The summed E-state index contributed by atoms with van der Waals surface area (Å²) in [5, 5.41) is 4.44. The van der Waals surface area contributed by atoms with Crippen molar-refractivity contribution in [2.24, 2.45) is 5.92 Å². The minimum atomic E-state index is -0.223. The highest BCUT2D eigenvalue weighted by atomic mass is 35.5. The van der Waals surface area contributed by atoms with Crippen LogP contribution in [0.2, 0.25) is 10.0 Å². The average molecular weight is 334 g/mol. The molecular weight excluding hydrogens is 320 g/mol. The second kappa shape index (κ2) is 5.29. The first-order valence-electron chi connectivity index (χ1n) is 7.32. The second-order valence-electron chi connectivity index (χ2n) is 5.82. The number of allylic oxidation sites excluding steroid dienone is 2. The molecule has 1 aliphatic carbocycles. The molecule has 0 bridgehead atoms. The van der Waals surface area contributed by atoms with E-state index < -0.39 is 0 Å². The van der Waals surface area contributed by atoms with E-state index in [0.717, 1.165) is 17.5 Å². The predicted octanol–water partition coefficient (Wildman–Crippen LogP) is 5.96. The zero-order valence-electron chi connectivity index (χ0n) is 11.7. The number of rotatable bonds is 1. The van der Waals surface area contributed by atoms with Crippen LogP contribution < -0.4 is 5.32 Å². The van der Waals surface area contributed by atoms with Crippen molar-refractivity contribution in [2.45, 2.75) is 18.4 Å². The molecule has 0 unspecified atom stereocenters. The van der Waals surface area contributed by atoms with Gasteiger partial charge in [0.2, 0.25) is 0 Å². The van der Waals surface area contributed by atoms with Crippen LogP contribution >= 0.6 is 23.2 Å². The summed E-state index contributed by atoms with van der Waals surface area (Å²) in [4.78, 5) is 0. The van der Waals surface area contributed by atoms with Crippen LogP contribution in [0.3, 0.4) is 0 Å². The Labute approximate surface area is 138 Å². The molecule has 0 saturated heterocycles. The van der Waals surface area contributed by atoms with Gasteiger partial charge < -0.3 is 5.32 Å². The summed E-state index contributed by atoms with van der Waals surface area (Å²) in [7, 11) is 0. The number of anilines is 1. The van der Waals surface area contributed by atoms with Crippen molar-refractivity contribution in [3.8, 4) is 0 Å². The summed E-state index contributed by atoms with van der Waals surface area (Å²) in [5.74, 6) is 0.316. The van der Waals surface area contributed by atoms with E-state index >= 15 is 0 Å².